The molecule has 14 heteroatoms. The number of nitrogens with one attached hydrogen (secondary N) is 3. The minimum atomic E-state index is -1.66. The standard InChI is InChI=1S/C13H23N5O8S/c14-5(4-27)10(22)17-7(2-19)12(24)18-8(3-20)11(23)16-6(13(25)26)1-9(15)21/h5-8,19-20,27H,1-4,14H2,(H2,15,21)(H,16,23)(H,17,22)(H,18,24)(H,25,26). The molecule has 13 nitrogen and oxygen atoms in total. The predicted octanol–water partition coefficient (Wildman–Crippen LogP) is -5.36. The zero-order valence-corrected chi connectivity index (χ0v) is 15.0. The highest BCUT2D eigenvalue weighted by atomic mass is 32.1. The largest absolute Gasteiger partial charge is 0.480 e. The number of nitrogens with two attached hydrogens (primary N) is 2. The van der Waals surface area contributed by atoms with Gasteiger partial charge in [-0.3, -0.25) is 19.2 Å². The lowest BCUT2D eigenvalue weighted by molar-refractivity contribution is -0.144. The van der Waals surface area contributed by atoms with Crippen LogP contribution in [0.1, 0.15) is 6.42 Å². The summed E-state index contributed by atoms with van der Waals surface area (Å²) in [6, 6.07) is -5.80. The number of primary amides is 1. The Hall–Kier alpha value is -2.42. The summed E-state index contributed by atoms with van der Waals surface area (Å²) in [5.74, 6) is -5.49. The van der Waals surface area contributed by atoms with E-state index in [4.69, 9.17) is 16.6 Å². The smallest absolute Gasteiger partial charge is 0.326 e. The predicted molar refractivity (Wildman–Crippen MR) is 93.2 cm³/mol. The summed E-state index contributed by atoms with van der Waals surface area (Å²) in [5, 5.41) is 33.5. The fourth-order valence-corrected chi connectivity index (χ4v) is 1.86. The van der Waals surface area contributed by atoms with Crippen molar-refractivity contribution in [1.29, 1.82) is 0 Å². The van der Waals surface area contributed by atoms with Crippen molar-refractivity contribution in [3.05, 3.63) is 0 Å². The number of thiol groups is 1. The van der Waals surface area contributed by atoms with E-state index in [1.54, 1.807) is 0 Å². The van der Waals surface area contributed by atoms with E-state index in [0.29, 0.717) is 0 Å². The Kier molecular flexibility index (Phi) is 11.0. The van der Waals surface area contributed by atoms with Crippen LogP contribution in [0.2, 0.25) is 0 Å². The number of aliphatic hydroxyl groups excluding tert-OH is 2. The number of hydrogen-bond donors (Lipinski definition) is 9. The minimum Gasteiger partial charge on any atom is -0.480 e. The van der Waals surface area contributed by atoms with Gasteiger partial charge in [0.25, 0.3) is 0 Å². The van der Waals surface area contributed by atoms with Crippen LogP contribution in [0.5, 0.6) is 0 Å². The van der Waals surface area contributed by atoms with E-state index in [1.807, 2.05) is 10.6 Å². The Labute approximate surface area is 159 Å². The van der Waals surface area contributed by atoms with E-state index in [1.165, 1.54) is 0 Å². The molecule has 0 aromatic rings. The molecule has 0 aliphatic carbocycles. The normalized spacial score (nSPS) is 15.0. The molecule has 27 heavy (non-hydrogen) atoms. The van der Waals surface area contributed by atoms with Gasteiger partial charge >= 0.3 is 5.97 Å². The molecule has 0 saturated carbocycles. The Bertz CT molecular complexity index is 575. The van der Waals surface area contributed by atoms with Gasteiger partial charge in [-0.25, -0.2) is 4.79 Å². The molecular formula is C13H23N5O8S. The van der Waals surface area contributed by atoms with Crippen LogP contribution < -0.4 is 27.4 Å². The summed E-state index contributed by atoms with van der Waals surface area (Å²) in [6.45, 7) is -1.77. The molecule has 0 radical (unpaired) electrons. The van der Waals surface area contributed by atoms with Crippen molar-refractivity contribution >= 4 is 42.2 Å². The van der Waals surface area contributed by atoms with Gasteiger partial charge in [-0.1, -0.05) is 0 Å². The zero-order chi connectivity index (χ0) is 21.1. The highest BCUT2D eigenvalue weighted by molar-refractivity contribution is 7.80. The summed E-state index contributed by atoms with van der Waals surface area (Å²) in [6.07, 6.45) is -0.704. The van der Waals surface area contributed by atoms with Gasteiger partial charge < -0.3 is 42.7 Å². The van der Waals surface area contributed by atoms with Crippen LogP contribution in [0, 0.1) is 0 Å². The third-order valence-electron chi connectivity index (χ3n) is 3.18. The highest BCUT2D eigenvalue weighted by Gasteiger charge is 2.30. The second kappa shape index (κ2) is 12.1. The summed E-state index contributed by atoms with van der Waals surface area (Å²) in [4.78, 5) is 57.6. The Morgan fingerprint density at radius 1 is 0.852 bits per heavy atom. The van der Waals surface area contributed by atoms with E-state index in [0.717, 1.165) is 0 Å². The lowest BCUT2D eigenvalue weighted by Gasteiger charge is -2.23. The van der Waals surface area contributed by atoms with Gasteiger partial charge in [0.15, 0.2) is 0 Å². The lowest BCUT2D eigenvalue weighted by atomic mass is 10.1. The topological polar surface area (TPSA) is 234 Å². The molecule has 0 aromatic heterocycles. The number of carboxylic acid groups (broad SMARTS) is 1. The molecular weight excluding hydrogens is 386 g/mol. The van der Waals surface area contributed by atoms with E-state index < -0.39 is 73.4 Å². The lowest BCUT2D eigenvalue weighted by Crippen LogP contribution is -2.59. The van der Waals surface area contributed by atoms with E-state index >= 15 is 0 Å². The van der Waals surface area contributed by atoms with Gasteiger partial charge in [0, 0.05) is 5.75 Å². The minimum absolute atomic E-state index is 0.0241. The monoisotopic (exact) mass is 409 g/mol. The fourth-order valence-electron chi connectivity index (χ4n) is 1.70. The molecule has 10 N–H and O–H groups in total. The first-order valence-corrected chi connectivity index (χ1v) is 8.20. The van der Waals surface area contributed by atoms with Crippen molar-refractivity contribution in [2.75, 3.05) is 19.0 Å². The zero-order valence-electron chi connectivity index (χ0n) is 14.1. The van der Waals surface area contributed by atoms with Gasteiger partial charge in [0.2, 0.25) is 23.6 Å². The van der Waals surface area contributed by atoms with E-state index in [9.17, 15) is 34.2 Å². The fraction of sp³-hybridized carbons (Fsp3) is 0.615. The molecule has 0 aliphatic heterocycles. The van der Waals surface area contributed by atoms with Crippen molar-refractivity contribution in [3.63, 3.8) is 0 Å². The molecule has 0 aliphatic rings. The molecule has 0 rings (SSSR count). The Balaban J connectivity index is 4.98. The van der Waals surface area contributed by atoms with Gasteiger partial charge in [0.05, 0.1) is 25.7 Å². The van der Waals surface area contributed by atoms with Gasteiger partial charge in [0.1, 0.15) is 18.1 Å². The van der Waals surface area contributed by atoms with Crippen molar-refractivity contribution in [2.45, 2.75) is 30.6 Å². The van der Waals surface area contributed by atoms with Crippen LogP contribution >= 0.6 is 12.6 Å². The molecule has 0 bridgehead atoms. The van der Waals surface area contributed by atoms with Crippen molar-refractivity contribution in [2.24, 2.45) is 11.5 Å². The van der Waals surface area contributed by atoms with Crippen LogP contribution in [0.4, 0.5) is 0 Å². The van der Waals surface area contributed by atoms with Gasteiger partial charge in [-0.05, 0) is 0 Å². The number of aliphatic carboxylic acids is 1. The summed E-state index contributed by atoms with van der Waals surface area (Å²) >= 11 is 3.81. The van der Waals surface area contributed by atoms with Crippen molar-refractivity contribution in [3.8, 4) is 0 Å². The number of aliphatic hydroxyl groups is 2. The molecule has 4 atom stereocenters. The number of carbonyl (C=O) groups is 5. The molecule has 4 unspecified atom stereocenters. The van der Waals surface area contributed by atoms with Crippen LogP contribution in [0.15, 0.2) is 0 Å². The molecule has 0 spiro atoms. The first-order chi connectivity index (χ1) is 12.6. The summed E-state index contributed by atoms with van der Waals surface area (Å²) < 4.78 is 0. The Morgan fingerprint density at radius 2 is 1.26 bits per heavy atom. The third kappa shape index (κ3) is 8.67. The first kappa shape index (κ1) is 24.6. The van der Waals surface area contributed by atoms with Gasteiger partial charge in [-0.15, -0.1) is 0 Å². The molecule has 0 heterocycles. The molecule has 0 saturated heterocycles. The average molecular weight is 409 g/mol. The number of carbonyl (C=O) groups excluding carboxylic acids is 4. The van der Waals surface area contributed by atoms with Crippen LogP contribution in [-0.4, -0.2) is 88.1 Å². The summed E-state index contributed by atoms with van der Waals surface area (Å²) in [7, 11) is 0. The van der Waals surface area contributed by atoms with Gasteiger partial charge in [-0.2, -0.15) is 12.6 Å². The molecule has 0 aromatic carbocycles. The number of amides is 4. The van der Waals surface area contributed by atoms with E-state index in [-0.39, 0.29) is 5.75 Å². The second-order valence-electron chi connectivity index (χ2n) is 5.35. The van der Waals surface area contributed by atoms with Crippen LogP contribution in [0.3, 0.4) is 0 Å². The third-order valence-corrected chi connectivity index (χ3v) is 3.58. The maximum absolute atomic E-state index is 12.1. The van der Waals surface area contributed by atoms with E-state index in [2.05, 4.69) is 17.9 Å². The number of carboxylic acids is 1. The Morgan fingerprint density at radius 3 is 1.59 bits per heavy atom. The van der Waals surface area contributed by atoms with Crippen molar-refractivity contribution in [1.82, 2.24) is 16.0 Å². The van der Waals surface area contributed by atoms with Crippen LogP contribution in [0.25, 0.3) is 0 Å². The SMILES string of the molecule is NC(=O)CC(NC(=O)C(CO)NC(=O)C(CO)NC(=O)C(N)CS)C(=O)O. The molecule has 4 amide bonds. The van der Waals surface area contributed by atoms with Crippen LogP contribution in [-0.2, 0) is 24.0 Å². The molecule has 154 valence electrons. The summed E-state index contributed by atoms with van der Waals surface area (Å²) in [5.41, 5.74) is 10.3. The second-order valence-corrected chi connectivity index (χ2v) is 5.71. The first-order valence-electron chi connectivity index (χ1n) is 7.57. The number of hydrogen-bond acceptors (Lipinski definition) is 9. The maximum Gasteiger partial charge on any atom is 0.326 e. The number of rotatable bonds is 12. The van der Waals surface area contributed by atoms with Crippen molar-refractivity contribution < 1.29 is 39.3 Å². The quantitative estimate of drug-likeness (QED) is 0.140. The maximum atomic E-state index is 12.1. The molecule has 0 fully saturated rings. The average Bonchev–Trinajstić information content (AvgIpc) is 2.61. The highest BCUT2D eigenvalue weighted by Crippen LogP contribution is 1.96.